The van der Waals surface area contributed by atoms with Crippen LogP contribution in [-0.2, 0) is 19.1 Å². The van der Waals surface area contributed by atoms with Crippen LogP contribution in [0.2, 0.25) is 0 Å². The quantitative estimate of drug-likeness (QED) is 0.538. The van der Waals surface area contributed by atoms with Gasteiger partial charge in [0.05, 0.1) is 0 Å². The average Bonchev–Trinajstić information content (AvgIpc) is 1.83. The summed E-state index contributed by atoms with van der Waals surface area (Å²) in [6.45, 7) is -0.0431. The molecule has 0 aromatic carbocycles. The first kappa shape index (κ1) is 13.9. The van der Waals surface area contributed by atoms with E-state index in [1.165, 1.54) is 0 Å². The zero-order valence-electron chi connectivity index (χ0n) is 6.89. The summed E-state index contributed by atoms with van der Waals surface area (Å²) in [4.78, 5) is 28.3. The lowest BCUT2D eigenvalue weighted by atomic mass is 10.7. The molecular weight excluding hydrogens is 184 g/mol. The summed E-state index contributed by atoms with van der Waals surface area (Å²) in [5, 5.41) is 23.2. The molecule has 0 aliphatic carbocycles. The lowest BCUT2D eigenvalue weighted by molar-refractivity contribution is -0.148. The molecule has 0 radical (unpaired) electrons. The predicted octanol–water partition coefficient (Wildman–Crippen LogP) is -0.737. The highest BCUT2D eigenvalue weighted by molar-refractivity contribution is 5.70. The number of hydrogen-bond donors (Lipinski definition) is 3. The molecule has 0 aromatic heterocycles. The maximum absolute atomic E-state index is 9.66. The number of ether oxygens (including phenoxy) is 1. The average molecular weight is 194 g/mol. The van der Waals surface area contributed by atoms with Crippen molar-refractivity contribution < 1.29 is 34.4 Å². The Morgan fingerprint density at radius 1 is 1.00 bits per heavy atom. The van der Waals surface area contributed by atoms with Crippen molar-refractivity contribution >= 4 is 17.9 Å². The minimum Gasteiger partial charge on any atom is -0.481 e. The topological polar surface area (TPSA) is 121 Å². The standard InChI is InChI=1S/C4H6O5.C2H4O2/c5-3(6)1-9-2-4(7)8;1-2(3)4/h1-2H2,(H,5,6)(H,7,8);1H3,(H,3,4). The molecule has 7 nitrogen and oxygen atoms in total. The number of aliphatic carboxylic acids is 3. The third kappa shape index (κ3) is 38.0. The van der Waals surface area contributed by atoms with Crippen LogP contribution in [0.3, 0.4) is 0 Å². The summed E-state index contributed by atoms with van der Waals surface area (Å²) >= 11 is 0. The Labute approximate surface area is 73.6 Å². The van der Waals surface area contributed by atoms with Gasteiger partial charge in [0.2, 0.25) is 0 Å². The number of carboxylic acid groups (broad SMARTS) is 3. The van der Waals surface area contributed by atoms with Crippen LogP contribution in [0.4, 0.5) is 0 Å². The Balaban J connectivity index is 0. The molecule has 0 heterocycles. The van der Waals surface area contributed by atoms with E-state index in [4.69, 9.17) is 20.1 Å². The molecule has 0 aliphatic rings. The highest BCUT2D eigenvalue weighted by atomic mass is 16.5. The number of rotatable bonds is 4. The number of hydrogen-bond acceptors (Lipinski definition) is 4. The first-order valence-corrected chi connectivity index (χ1v) is 3.07. The van der Waals surface area contributed by atoms with E-state index in [0.29, 0.717) is 0 Å². The molecule has 0 amide bonds. The Kier molecular flexibility index (Phi) is 9.07. The molecule has 0 aromatic rings. The second kappa shape index (κ2) is 8.47. The zero-order chi connectivity index (χ0) is 10.9. The maximum Gasteiger partial charge on any atom is 0.329 e. The van der Waals surface area contributed by atoms with Crippen LogP contribution in [0.1, 0.15) is 6.92 Å². The third-order valence-electron chi connectivity index (χ3n) is 0.451. The van der Waals surface area contributed by atoms with Crippen LogP contribution in [-0.4, -0.2) is 46.4 Å². The summed E-state index contributed by atoms with van der Waals surface area (Å²) in [5.74, 6) is -3.17. The van der Waals surface area contributed by atoms with Gasteiger partial charge in [0.15, 0.2) is 0 Å². The van der Waals surface area contributed by atoms with E-state index in [1.54, 1.807) is 0 Å². The summed E-state index contributed by atoms with van der Waals surface area (Å²) < 4.78 is 4.16. The molecule has 7 heteroatoms. The lowest BCUT2D eigenvalue weighted by Gasteiger charge is -1.92. The maximum atomic E-state index is 9.66. The van der Waals surface area contributed by atoms with Gasteiger partial charge in [-0.25, -0.2) is 9.59 Å². The highest BCUT2D eigenvalue weighted by Crippen LogP contribution is 1.73. The summed E-state index contributed by atoms with van der Waals surface area (Å²) in [5.41, 5.74) is 0. The molecule has 0 saturated heterocycles. The van der Waals surface area contributed by atoms with Crippen LogP contribution in [0, 0.1) is 0 Å². The fraction of sp³-hybridized carbons (Fsp3) is 0.500. The van der Waals surface area contributed by atoms with E-state index in [9.17, 15) is 9.59 Å². The van der Waals surface area contributed by atoms with Crippen LogP contribution < -0.4 is 0 Å². The fourth-order valence-corrected chi connectivity index (χ4v) is 0.226. The Morgan fingerprint density at radius 3 is 1.38 bits per heavy atom. The van der Waals surface area contributed by atoms with Gasteiger partial charge in [-0.2, -0.15) is 0 Å². The van der Waals surface area contributed by atoms with Crippen molar-refractivity contribution in [2.45, 2.75) is 6.92 Å². The first-order chi connectivity index (χ1) is 5.86. The van der Waals surface area contributed by atoms with Gasteiger partial charge in [-0.1, -0.05) is 0 Å². The van der Waals surface area contributed by atoms with Crippen molar-refractivity contribution in [2.24, 2.45) is 0 Å². The summed E-state index contributed by atoms with van der Waals surface area (Å²) in [6.07, 6.45) is 0. The largest absolute Gasteiger partial charge is 0.481 e. The Hall–Kier alpha value is -1.63. The summed E-state index contributed by atoms with van der Waals surface area (Å²) in [6, 6.07) is 0. The van der Waals surface area contributed by atoms with Gasteiger partial charge >= 0.3 is 11.9 Å². The molecule has 0 saturated carbocycles. The van der Waals surface area contributed by atoms with Crippen molar-refractivity contribution in [1.82, 2.24) is 0 Å². The smallest absolute Gasteiger partial charge is 0.329 e. The first-order valence-electron chi connectivity index (χ1n) is 3.07. The molecule has 0 bridgehead atoms. The molecule has 0 fully saturated rings. The second-order valence-electron chi connectivity index (χ2n) is 1.80. The van der Waals surface area contributed by atoms with E-state index in [-0.39, 0.29) is 0 Å². The molecule has 0 aliphatic heterocycles. The van der Waals surface area contributed by atoms with Crippen molar-refractivity contribution in [3.8, 4) is 0 Å². The number of carboxylic acids is 3. The molecule has 0 rings (SSSR count). The monoisotopic (exact) mass is 194 g/mol. The van der Waals surface area contributed by atoms with E-state index < -0.39 is 31.1 Å². The molecule has 0 spiro atoms. The van der Waals surface area contributed by atoms with Gasteiger partial charge in [0, 0.05) is 6.92 Å². The van der Waals surface area contributed by atoms with Crippen molar-refractivity contribution in [1.29, 1.82) is 0 Å². The normalized spacial score (nSPS) is 8.08. The van der Waals surface area contributed by atoms with E-state index in [0.717, 1.165) is 6.92 Å². The van der Waals surface area contributed by atoms with Gasteiger partial charge in [0.1, 0.15) is 13.2 Å². The van der Waals surface area contributed by atoms with Gasteiger partial charge in [0.25, 0.3) is 5.97 Å². The van der Waals surface area contributed by atoms with Gasteiger partial charge < -0.3 is 20.1 Å². The van der Waals surface area contributed by atoms with Crippen LogP contribution in [0.25, 0.3) is 0 Å². The fourth-order valence-electron chi connectivity index (χ4n) is 0.226. The predicted molar refractivity (Wildman–Crippen MR) is 39.4 cm³/mol. The van der Waals surface area contributed by atoms with Gasteiger partial charge in [-0.05, 0) is 0 Å². The van der Waals surface area contributed by atoms with Crippen LogP contribution >= 0.6 is 0 Å². The highest BCUT2D eigenvalue weighted by Gasteiger charge is 1.98. The Morgan fingerprint density at radius 2 is 1.23 bits per heavy atom. The molecule has 76 valence electrons. The molecular formula is C6H10O7. The molecule has 0 unspecified atom stereocenters. The Bertz CT molecular complexity index is 167. The second-order valence-corrected chi connectivity index (χ2v) is 1.80. The molecule has 0 atom stereocenters. The summed E-state index contributed by atoms with van der Waals surface area (Å²) in [7, 11) is 0. The number of carbonyl (C=O) groups is 3. The minimum atomic E-state index is -1.17. The SMILES string of the molecule is CC(=O)O.O=C(O)COCC(=O)O. The van der Waals surface area contributed by atoms with E-state index in [2.05, 4.69) is 4.74 Å². The van der Waals surface area contributed by atoms with Crippen molar-refractivity contribution in [3.05, 3.63) is 0 Å². The van der Waals surface area contributed by atoms with E-state index >= 15 is 0 Å². The molecule has 3 N–H and O–H groups in total. The molecule has 13 heavy (non-hydrogen) atoms. The van der Waals surface area contributed by atoms with Crippen LogP contribution in [0.5, 0.6) is 0 Å². The zero-order valence-corrected chi connectivity index (χ0v) is 6.89. The van der Waals surface area contributed by atoms with Crippen LogP contribution in [0.15, 0.2) is 0 Å². The third-order valence-corrected chi connectivity index (χ3v) is 0.451. The van der Waals surface area contributed by atoms with E-state index in [1.807, 2.05) is 0 Å². The van der Waals surface area contributed by atoms with Gasteiger partial charge in [-0.15, -0.1) is 0 Å². The van der Waals surface area contributed by atoms with Gasteiger partial charge in [-0.3, -0.25) is 4.79 Å². The minimum absolute atomic E-state index is 0.563. The van der Waals surface area contributed by atoms with Crippen molar-refractivity contribution in [3.63, 3.8) is 0 Å². The van der Waals surface area contributed by atoms with Crippen molar-refractivity contribution in [2.75, 3.05) is 13.2 Å². The lowest BCUT2D eigenvalue weighted by Crippen LogP contribution is -2.13.